The van der Waals surface area contributed by atoms with Gasteiger partial charge in [-0.1, -0.05) is 0 Å². The Kier molecular flexibility index (Phi) is 2.45. The summed E-state index contributed by atoms with van der Waals surface area (Å²) in [6, 6.07) is 0. The first-order chi connectivity index (χ1) is 4.83. The second-order valence-corrected chi connectivity index (χ2v) is 2.33. The van der Waals surface area contributed by atoms with E-state index in [9.17, 15) is 0 Å². The lowest BCUT2D eigenvalue weighted by atomic mass is 10.4. The number of aryl methyl sites for hydroxylation is 2. The van der Waals surface area contributed by atoms with Crippen LogP contribution in [-0.4, -0.2) is 21.3 Å². The van der Waals surface area contributed by atoms with Gasteiger partial charge < -0.3 is 9.67 Å². The first-order valence-corrected chi connectivity index (χ1v) is 3.42. The van der Waals surface area contributed by atoms with E-state index in [0.717, 1.165) is 18.7 Å². The number of hydrogen-bond donors (Lipinski definition) is 1. The molecule has 1 N–H and O–H groups in total. The third-order valence-corrected chi connectivity index (χ3v) is 1.34. The van der Waals surface area contributed by atoms with Crippen LogP contribution in [0.2, 0.25) is 0 Å². The molecule has 0 aromatic carbocycles. The Labute approximate surface area is 60.3 Å². The molecular weight excluding hydrogens is 128 g/mol. The van der Waals surface area contributed by atoms with Gasteiger partial charge in [-0.15, -0.1) is 0 Å². The van der Waals surface area contributed by atoms with Crippen LogP contribution in [0.15, 0.2) is 12.5 Å². The number of imidazole rings is 1. The summed E-state index contributed by atoms with van der Waals surface area (Å²) in [5.74, 6) is 0. The van der Waals surface area contributed by atoms with Crippen LogP contribution < -0.4 is 0 Å². The number of rotatable bonds is 3. The molecule has 1 aromatic heterocycles. The summed E-state index contributed by atoms with van der Waals surface area (Å²) >= 11 is 0. The van der Waals surface area contributed by atoms with Crippen molar-refractivity contribution < 1.29 is 5.11 Å². The van der Waals surface area contributed by atoms with Gasteiger partial charge in [0, 0.05) is 19.3 Å². The summed E-state index contributed by atoms with van der Waals surface area (Å²) in [7, 11) is 0. The van der Waals surface area contributed by atoms with Crippen molar-refractivity contribution in [2.45, 2.75) is 19.9 Å². The van der Waals surface area contributed by atoms with E-state index in [4.69, 9.17) is 5.11 Å². The molecule has 0 aliphatic heterocycles. The molecule has 0 atom stereocenters. The fraction of sp³-hybridized carbons (Fsp3) is 0.571. The lowest BCUT2D eigenvalue weighted by molar-refractivity contribution is 0.279. The molecule has 10 heavy (non-hydrogen) atoms. The zero-order valence-corrected chi connectivity index (χ0v) is 6.12. The van der Waals surface area contributed by atoms with Crippen molar-refractivity contribution in [3.05, 3.63) is 18.2 Å². The van der Waals surface area contributed by atoms with Gasteiger partial charge in [0.25, 0.3) is 0 Å². The Morgan fingerprint density at radius 2 is 2.50 bits per heavy atom. The summed E-state index contributed by atoms with van der Waals surface area (Å²) < 4.78 is 1.98. The average molecular weight is 140 g/mol. The molecular formula is C7H12N2O. The molecule has 0 saturated carbocycles. The molecule has 0 aliphatic carbocycles. The zero-order valence-electron chi connectivity index (χ0n) is 6.12. The Morgan fingerprint density at radius 3 is 3.00 bits per heavy atom. The van der Waals surface area contributed by atoms with Crippen molar-refractivity contribution in [3.8, 4) is 0 Å². The highest BCUT2D eigenvalue weighted by atomic mass is 16.3. The van der Waals surface area contributed by atoms with Gasteiger partial charge in [0.2, 0.25) is 0 Å². The standard InChI is InChI=1S/C7H12N2O/c1-7-5-9(6-8-7)3-2-4-10/h5-6,10H,2-4H2,1H3. The monoisotopic (exact) mass is 140 g/mol. The van der Waals surface area contributed by atoms with Gasteiger partial charge in [-0.3, -0.25) is 0 Å². The lowest BCUT2D eigenvalue weighted by Crippen LogP contribution is -1.96. The molecule has 3 nitrogen and oxygen atoms in total. The highest BCUT2D eigenvalue weighted by molar-refractivity contribution is 4.91. The predicted octanol–water partition coefficient (Wildman–Crippen LogP) is 0.574. The first kappa shape index (κ1) is 7.28. The fourth-order valence-corrected chi connectivity index (χ4v) is 0.847. The summed E-state index contributed by atoms with van der Waals surface area (Å²) in [4.78, 5) is 4.05. The molecule has 3 heteroatoms. The predicted molar refractivity (Wildman–Crippen MR) is 38.7 cm³/mol. The lowest BCUT2D eigenvalue weighted by Gasteiger charge is -1.96. The van der Waals surface area contributed by atoms with Crippen LogP contribution >= 0.6 is 0 Å². The van der Waals surface area contributed by atoms with E-state index in [1.165, 1.54) is 0 Å². The topological polar surface area (TPSA) is 38.0 Å². The number of nitrogens with zero attached hydrogens (tertiary/aromatic N) is 2. The molecule has 1 aromatic rings. The summed E-state index contributed by atoms with van der Waals surface area (Å²) in [6.07, 6.45) is 4.55. The number of hydrogen-bond acceptors (Lipinski definition) is 2. The SMILES string of the molecule is Cc1cn(CCCO)cn1. The zero-order chi connectivity index (χ0) is 7.40. The summed E-state index contributed by atoms with van der Waals surface area (Å²) in [5, 5.41) is 8.50. The average Bonchev–Trinajstić information content (AvgIpc) is 2.31. The molecule has 0 spiro atoms. The minimum atomic E-state index is 0.247. The highest BCUT2D eigenvalue weighted by Crippen LogP contribution is 1.94. The Bertz CT molecular complexity index is 195. The Hall–Kier alpha value is -0.830. The molecule has 0 unspecified atom stereocenters. The van der Waals surface area contributed by atoms with Crippen LogP contribution in [0.4, 0.5) is 0 Å². The molecule has 0 amide bonds. The van der Waals surface area contributed by atoms with Crippen molar-refractivity contribution >= 4 is 0 Å². The van der Waals surface area contributed by atoms with Crippen molar-refractivity contribution in [2.24, 2.45) is 0 Å². The minimum absolute atomic E-state index is 0.247. The maximum absolute atomic E-state index is 8.50. The van der Waals surface area contributed by atoms with Crippen LogP contribution in [0.5, 0.6) is 0 Å². The third kappa shape index (κ3) is 1.84. The van der Waals surface area contributed by atoms with Gasteiger partial charge in [0.05, 0.1) is 12.0 Å². The van der Waals surface area contributed by atoms with Crippen LogP contribution in [0.1, 0.15) is 12.1 Å². The summed E-state index contributed by atoms with van der Waals surface area (Å²) in [5.41, 5.74) is 1.03. The van der Waals surface area contributed by atoms with E-state index in [1.54, 1.807) is 6.33 Å². The molecule has 1 rings (SSSR count). The van der Waals surface area contributed by atoms with Crippen LogP contribution in [0.3, 0.4) is 0 Å². The van der Waals surface area contributed by atoms with Crippen LogP contribution in [-0.2, 0) is 6.54 Å². The van der Waals surface area contributed by atoms with Crippen molar-refractivity contribution in [3.63, 3.8) is 0 Å². The van der Waals surface area contributed by atoms with E-state index in [2.05, 4.69) is 4.98 Å². The molecule has 0 bridgehead atoms. The van der Waals surface area contributed by atoms with Crippen molar-refractivity contribution in [1.29, 1.82) is 0 Å². The summed E-state index contributed by atoms with van der Waals surface area (Å²) in [6.45, 7) is 3.06. The molecule has 0 fully saturated rings. The van der Waals surface area contributed by atoms with E-state index < -0.39 is 0 Å². The fourth-order valence-electron chi connectivity index (χ4n) is 0.847. The number of aliphatic hydroxyl groups excluding tert-OH is 1. The van der Waals surface area contributed by atoms with Gasteiger partial charge >= 0.3 is 0 Å². The van der Waals surface area contributed by atoms with E-state index in [-0.39, 0.29) is 6.61 Å². The van der Waals surface area contributed by atoms with Crippen LogP contribution in [0.25, 0.3) is 0 Å². The second-order valence-electron chi connectivity index (χ2n) is 2.33. The van der Waals surface area contributed by atoms with Gasteiger partial charge in [-0.25, -0.2) is 4.98 Å². The number of aromatic nitrogens is 2. The number of aliphatic hydroxyl groups is 1. The first-order valence-electron chi connectivity index (χ1n) is 3.42. The molecule has 0 radical (unpaired) electrons. The maximum Gasteiger partial charge on any atom is 0.0949 e. The van der Waals surface area contributed by atoms with Gasteiger partial charge in [0.15, 0.2) is 0 Å². The van der Waals surface area contributed by atoms with Gasteiger partial charge in [-0.05, 0) is 13.3 Å². The van der Waals surface area contributed by atoms with Gasteiger partial charge in [-0.2, -0.15) is 0 Å². The molecule has 0 saturated heterocycles. The third-order valence-electron chi connectivity index (χ3n) is 1.34. The largest absolute Gasteiger partial charge is 0.396 e. The van der Waals surface area contributed by atoms with Crippen LogP contribution in [0, 0.1) is 6.92 Å². The molecule has 1 heterocycles. The van der Waals surface area contributed by atoms with E-state index >= 15 is 0 Å². The minimum Gasteiger partial charge on any atom is -0.396 e. The van der Waals surface area contributed by atoms with Crippen molar-refractivity contribution in [2.75, 3.05) is 6.61 Å². The van der Waals surface area contributed by atoms with Crippen molar-refractivity contribution in [1.82, 2.24) is 9.55 Å². The molecule has 0 aliphatic rings. The smallest absolute Gasteiger partial charge is 0.0949 e. The van der Waals surface area contributed by atoms with Gasteiger partial charge in [0.1, 0.15) is 0 Å². The van der Waals surface area contributed by atoms with E-state index in [1.807, 2.05) is 17.7 Å². The normalized spacial score (nSPS) is 10.2. The Morgan fingerprint density at radius 1 is 1.70 bits per heavy atom. The second kappa shape index (κ2) is 3.37. The molecule has 56 valence electrons. The highest BCUT2D eigenvalue weighted by Gasteiger charge is 1.90. The quantitative estimate of drug-likeness (QED) is 0.666. The maximum atomic E-state index is 8.50. The van der Waals surface area contributed by atoms with E-state index in [0.29, 0.717) is 0 Å². The Balaban J connectivity index is 2.42.